The Morgan fingerprint density at radius 2 is 1.14 bits per heavy atom. The molecule has 6 rings (SSSR count). The zero-order valence-corrected chi connectivity index (χ0v) is 31.3. The Morgan fingerprint density at radius 1 is 0.659 bits per heavy atom. The maximum absolute atomic E-state index is 3.45. The maximum Gasteiger partial charge on any atom is -0.0253 e. The van der Waals surface area contributed by atoms with E-state index in [4.69, 9.17) is 0 Å². The summed E-state index contributed by atoms with van der Waals surface area (Å²) >= 11 is 1.46. The second kappa shape index (κ2) is 16.2. The van der Waals surface area contributed by atoms with E-state index in [1.165, 1.54) is 83.1 Å². The molecule has 0 nitrogen and oxygen atoms in total. The SMILES string of the molecule is CC(C)(C)c1ccc([C](=[Zr+2])c2ccc(C(C)(C)C)cc2)cc1.Cc1[c-]c2c(cc1)-c1ccc(C)cc1C2.[Cl-].[Cl-].c1cc[cH-]c1. The van der Waals surface area contributed by atoms with E-state index in [0.29, 0.717) is 0 Å². The molecule has 0 spiro atoms. The van der Waals surface area contributed by atoms with Crippen LogP contribution in [-0.4, -0.2) is 3.21 Å². The van der Waals surface area contributed by atoms with Gasteiger partial charge in [-0.3, -0.25) is 0 Å². The van der Waals surface area contributed by atoms with Crippen molar-refractivity contribution in [2.75, 3.05) is 0 Å². The van der Waals surface area contributed by atoms with Gasteiger partial charge in [-0.15, -0.1) is 11.1 Å². The van der Waals surface area contributed by atoms with Gasteiger partial charge < -0.3 is 24.8 Å². The third-order valence-electron chi connectivity index (χ3n) is 7.73. The van der Waals surface area contributed by atoms with Crippen LogP contribution in [0.15, 0.2) is 109 Å². The Kier molecular flexibility index (Phi) is 13.9. The zero-order valence-electron chi connectivity index (χ0n) is 27.4. The van der Waals surface area contributed by atoms with Crippen LogP contribution < -0.4 is 24.8 Å². The van der Waals surface area contributed by atoms with Crippen LogP contribution in [-0.2, 0) is 41.5 Å². The van der Waals surface area contributed by atoms with Crippen molar-refractivity contribution < 1.29 is 49.0 Å². The van der Waals surface area contributed by atoms with E-state index >= 15 is 0 Å². The first-order valence-corrected chi connectivity index (χ1v) is 16.1. The fraction of sp³-hybridized carbons (Fsp3) is 0.268. The first kappa shape index (κ1) is 37.7. The molecule has 3 heteroatoms. The molecule has 0 radical (unpaired) electrons. The van der Waals surface area contributed by atoms with Crippen molar-refractivity contribution in [2.45, 2.75) is 72.6 Å². The van der Waals surface area contributed by atoms with E-state index < -0.39 is 0 Å². The predicted molar refractivity (Wildman–Crippen MR) is 179 cm³/mol. The van der Waals surface area contributed by atoms with E-state index in [1.54, 1.807) is 0 Å². The fourth-order valence-electron chi connectivity index (χ4n) is 5.13. The zero-order chi connectivity index (χ0) is 30.5. The number of rotatable bonds is 2. The number of fused-ring (bicyclic) bond motifs is 3. The van der Waals surface area contributed by atoms with Crippen molar-refractivity contribution in [3.8, 4) is 11.1 Å². The molecule has 5 aromatic rings. The van der Waals surface area contributed by atoms with Crippen LogP contribution in [0.5, 0.6) is 0 Å². The second-order valence-electron chi connectivity index (χ2n) is 13.4. The van der Waals surface area contributed by atoms with Gasteiger partial charge in [-0.25, -0.2) is 12.1 Å². The first-order valence-electron chi connectivity index (χ1n) is 14.9. The molecule has 1 aliphatic carbocycles. The normalized spacial score (nSPS) is 11.3. The molecular formula is C41H44Cl2Zr-2. The molecule has 0 atom stereocenters. The second-order valence-corrected chi connectivity index (χ2v) is 14.6. The molecule has 0 heterocycles. The standard InChI is InChI=1S/C21H26.C15H13.C5H5.2ClH.Zr/c1-20(2,3)18-11-7-16(8-12-18)15-17-9-13-19(14-10-17)21(4,5)6;1-10-3-5-14-12(7-10)9-13-8-11(2)4-6-15(13)14;1-2-4-5-3-1;;;/h7-14H,1-6H3;3-7H,9H2,1-2H3;1-5H;2*1H;/q;2*-1;;;+2/p-2. The van der Waals surface area contributed by atoms with Crippen molar-refractivity contribution in [2.24, 2.45) is 0 Å². The third-order valence-corrected chi connectivity index (χ3v) is 9.15. The van der Waals surface area contributed by atoms with Crippen molar-refractivity contribution in [3.63, 3.8) is 0 Å². The Morgan fingerprint density at radius 3 is 1.57 bits per heavy atom. The minimum atomic E-state index is 0. The number of hydrogen-bond acceptors (Lipinski definition) is 0. The number of aryl methyl sites for hydroxylation is 2. The van der Waals surface area contributed by atoms with E-state index in [9.17, 15) is 0 Å². The quantitative estimate of drug-likeness (QED) is 0.234. The summed E-state index contributed by atoms with van der Waals surface area (Å²) in [6, 6.07) is 42.7. The molecule has 1 aliphatic rings. The van der Waals surface area contributed by atoms with Gasteiger partial charge in [0.05, 0.1) is 0 Å². The van der Waals surface area contributed by atoms with Crippen LogP contribution in [0.4, 0.5) is 0 Å². The summed E-state index contributed by atoms with van der Waals surface area (Å²) in [6.45, 7) is 17.8. The molecule has 0 saturated heterocycles. The van der Waals surface area contributed by atoms with Crippen LogP contribution in [0.25, 0.3) is 11.1 Å². The van der Waals surface area contributed by atoms with Gasteiger partial charge in [-0.2, -0.15) is 42.0 Å². The molecule has 0 unspecified atom stereocenters. The molecule has 5 aromatic carbocycles. The van der Waals surface area contributed by atoms with Crippen molar-refractivity contribution in [1.82, 2.24) is 0 Å². The summed E-state index contributed by atoms with van der Waals surface area (Å²) < 4.78 is 1.42. The largest absolute Gasteiger partial charge is 1.00 e. The van der Waals surface area contributed by atoms with Gasteiger partial charge >= 0.3 is 151 Å². The molecule has 0 aromatic heterocycles. The summed E-state index contributed by atoms with van der Waals surface area (Å²) in [4.78, 5) is 0. The van der Waals surface area contributed by atoms with Crippen LogP contribution in [0.3, 0.4) is 0 Å². The Balaban J connectivity index is 0.000000264. The molecule has 0 fully saturated rings. The van der Waals surface area contributed by atoms with Gasteiger partial charge in [-0.1, -0.05) is 36.2 Å². The third kappa shape index (κ3) is 10.0. The van der Waals surface area contributed by atoms with Crippen LogP contribution in [0.2, 0.25) is 0 Å². The number of hydrogen-bond donors (Lipinski definition) is 0. The number of halogens is 2. The maximum atomic E-state index is 3.45. The fourth-order valence-corrected chi connectivity index (χ4v) is 5.95. The first-order chi connectivity index (χ1) is 19.8. The summed E-state index contributed by atoms with van der Waals surface area (Å²) in [5.41, 5.74) is 14.1. The topological polar surface area (TPSA) is 0 Å². The van der Waals surface area contributed by atoms with Crippen LogP contribution in [0, 0.1) is 19.9 Å². The monoisotopic (exact) mass is 696 g/mol. The Hall–Kier alpha value is -2.44. The minimum absolute atomic E-state index is 0. The average molecular weight is 699 g/mol. The van der Waals surface area contributed by atoms with E-state index in [0.717, 1.165) is 6.42 Å². The van der Waals surface area contributed by atoms with E-state index in [1.807, 2.05) is 30.3 Å². The van der Waals surface area contributed by atoms with E-state index in [-0.39, 0.29) is 35.6 Å². The summed E-state index contributed by atoms with van der Waals surface area (Å²) in [6.07, 6.45) is 1.05. The van der Waals surface area contributed by atoms with Crippen molar-refractivity contribution >= 4 is 3.21 Å². The number of benzene rings is 4. The van der Waals surface area contributed by atoms with Crippen molar-refractivity contribution in [1.29, 1.82) is 0 Å². The molecule has 0 N–H and O–H groups in total. The summed E-state index contributed by atoms with van der Waals surface area (Å²) in [7, 11) is 0. The summed E-state index contributed by atoms with van der Waals surface area (Å²) in [5, 5.41) is 0. The van der Waals surface area contributed by atoms with Gasteiger partial charge in [0, 0.05) is 0 Å². The predicted octanol–water partition coefficient (Wildman–Crippen LogP) is 4.49. The molecule has 44 heavy (non-hydrogen) atoms. The van der Waals surface area contributed by atoms with E-state index in [2.05, 4.69) is 140 Å². The smallest absolute Gasteiger partial charge is 0.0253 e. The molecule has 0 amide bonds. The Labute approximate surface area is 293 Å². The van der Waals surface area contributed by atoms with Crippen LogP contribution >= 0.6 is 0 Å². The summed E-state index contributed by atoms with van der Waals surface area (Å²) in [5.74, 6) is 0. The molecule has 228 valence electrons. The van der Waals surface area contributed by atoms with Gasteiger partial charge in [-0.05, 0) is 18.9 Å². The van der Waals surface area contributed by atoms with Gasteiger partial charge in [0.15, 0.2) is 0 Å². The van der Waals surface area contributed by atoms with Gasteiger partial charge in [0.1, 0.15) is 0 Å². The van der Waals surface area contributed by atoms with Gasteiger partial charge in [0.2, 0.25) is 0 Å². The van der Waals surface area contributed by atoms with Crippen molar-refractivity contribution in [3.05, 3.63) is 160 Å². The molecule has 0 bridgehead atoms. The average Bonchev–Trinajstić information content (AvgIpc) is 3.63. The van der Waals surface area contributed by atoms with Gasteiger partial charge in [0.25, 0.3) is 0 Å². The minimum Gasteiger partial charge on any atom is -1.00 e. The molecule has 0 saturated carbocycles. The Bertz CT molecular complexity index is 1490. The molecule has 0 aliphatic heterocycles. The van der Waals surface area contributed by atoms with Crippen LogP contribution in [0.1, 0.15) is 86.1 Å². The molecular weight excluding hydrogens is 655 g/mol.